The van der Waals surface area contributed by atoms with Crippen molar-refractivity contribution in [3.05, 3.63) is 247 Å². The summed E-state index contributed by atoms with van der Waals surface area (Å²) in [5.74, 6) is -2.26. The number of carbonyl (C=O) groups excluding carboxylic acids is 8. The largest absolute Gasteiger partial charge is 0.398 e. The van der Waals surface area contributed by atoms with Crippen molar-refractivity contribution < 1.29 is 38.4 Å². The second-order valence-corrected chi connectivity index (χ2v) is 16.7. The van der Waals surface area contributed by atoms with Gasteiger partial charge in [0.15, 0.2) is 46.3 Å². The topological polar surface area (TPSA) is 213 Å². The molecule has 8 aromatic rings. The molecule has 6 N–H and O–H groups in total. The lowest BCUT2D eigenvalue weighted by Crippen LogP contribution is -2.25. The lowest BCUT2D eigenvalue weighted by atomic mass is 9.76. The first-order valence-electron chi connectivity index (χ1n) is 21.8. The van der Waals surface area contributed by atoms with E-state index in [9.17, 15) is 38.4 Å². The molecule has 0 bridgehead atoms. The van der Waals surface area contributed by atoms with E-state index < -0.39 is 0 Å². The van der Waals surface area contributed by atoms with Gasteiger partial charge in [-0.2, -0.15) is 0 Å². The fraction of sp³-hybridized carbons (Fsp3) is 0.0175. The van der Waals surface area contributed by atoms with Crippen LogP contribution in [0.4, 0.5) is 22.7 Å². The highest BCUT2D eigenvalue weighted by molar-refractivity contribution is 6.35. The minimum atomic E-state index is -0.368. The van der Waals surface area contributed by atoms with Gasteiger partial charge in [0.1, 0.15) is 0 Å². The van der Waals surface area contributed by atoms with Crippen molar-refractivity contribution in [2.75, 3.05) is 28.8 Å². The summed E-state index contributed by atoms with van der Waals surface area (Å²) in [6.07, 6.45) is 0. The summed E-state index contributed by atoms with van der Waals surface area (Å²) in [7, 11) is 0. The molecule has 0 saturated carbocycles. The Kier molecular flexibility index (Phi) is 9.76. The Morgan fingerprint density at radius 1 is 0.246 bits per heavy atom. The molecule has 0 heterocycles. The molecule has 0 aromatic heterocycles. The smallest absolute Gasteiger partial charge is 0.196 e. The van der Waals surface area contributed by atoms with Crippen molar-refractivity contribution in [1.29, 1.82) is 0 Å². The van der Waals surface area contributed by atoms with Crippen LogP contribution in [0.3, 0.4) is 0 Å². The summed E-state index contributed by atoms with van der Waals surface area (Å²) < 4.78 is 0. The highest BCUT2D eigenvalue weighted by Crippen LogP contribution is 2.43. The molecule has 330 valence electrons. The summed E-state index contributed by atoms with van der Waals surface area (Å²) in [5.41, 5.74) is 18.9. The highest BCUT2D eigenvalue weighted by atomic mass is 16.2. The van der Waals surface area contributed by atoms with Gasteiger partial charge in [-0.15, -0.1) is 0 Å². The number of benzene rings is 8. The minimum absolute atomic E-state index is 0.0989. The van der Waals surface area contributed by atoms with E-state index in [1.807, 2.05) is 0 Å². The van der Waals surface area contributed by atoms with E-state index in [0.29, 0.717) is 67.0 Å². The summed E-state index contributed by atoms with van der Waals surface area (Å²) >= 11 is 0. The van der Waals surface area contributed by atoms with Crippen LogP contribution in [0, 0.1) is 0 Å². The lowest BCUT2D eigenvalue weighted by molar-refractivity contribution is 0.0978. The van der Waals surface area contributed by atoms with Gasteiger partial charge in [0.2, 0.25) is 0 Å². The van der Waals surface area contributed by atoms with Crippen LogP contribution in [-0.2, 0) is 0 Å². The quantitative estimate of drug-likeness (QED) is 0.0943. The Morgan fingerprint density at radius 3 is 0.826 bits per heavy atom. The van der Waals surface area contributed by atoms with Crippen LogP contribution >= 0.6 is 0 Å². The summed E-state index contributed by atoms with van der Waals surface area (Å²) in [5, 5.41) is 6.35. The Labute approximate surface area is 392 Å². The van der Waals surface area contributed by atoms with Gasteiger partial charge in [0, 0.05) is 89.5 Å². The Hall–Kier alpha value is -9.68. The number of ketones is 8. The fourth-order valence-corrected chi connectivity index (χ4v) is 9.76. The van der Waals surface area contributed by atoms with Gasteiger partial charge < -0.3 is 22.1 Å². The molecule has 8 aromatic carbocycles. The van der Waals surface area contributed by atoms with E-state index in [0.717, 1.165) is 0 Å². The second kappa shape index (κ2) is 16.0. The molecular formula is C57H34N4O8. The zero-order chi connectivity index (χ0) is 47.8. The Balaban J connectivity index is 0.000000151. The van der Waals surface area contributed by atoms with Crippen LogP contribution in [0.2, 0.25) is 0 Å². The van der Waals surface area contributed by atoms with Gasteiger partial charge in [-0.3, -0.25) is 38.4 Å². The number of hydrogen-bond donors (Lipinski definition) is 4. The molecule has 12 rings (SSSR count). The summed E-state index contributed by atoms with van der Waals surface area (Å²) in [4.78, 5) is 106. The summed E-state index contributed by atoms with van der Waals surface area (Å²) in [6.45, 7) is 0.166. The second-order valence-electron chi connectivity index (χ2n) is 16.7. The van der Waals surface area contributed by atoms with Crippen molar-refractivity contribution in [3.63, 3.8) is 0 Å². The zero-order valence-electron chi connectivity index (χ0n) is 36.1. The molecule has 0 spiro atoms. The summed E-state index contributed by atoms with van der Waals surface area (Å²) in [6, 6.07) is 43.2. The standard InChI is InChI=1S/C29H18N2O4.C28H16N2O4/c32-26-16-7-1-3-9-18(16)28(34)24-20(26)11-5-13-22(24)30-15-31-23-14-6-12-21-25(23)29(35)19-10-4-2-8-17(19)27(21)33;29-19-11-9-13(21-23(19)27(33)17-7-3-1-5-15(17)25(21)31)14-10-12-20(30)24-22(14)26(32)16-6-2-4-8-18(16)28(24)34/h1-14,30-31H,15H2;1-12H,29-30H2. The molecule has 0 atom stereocenters. The molecule has 4 aliphatic rings. The predicted octanol–water partition coefficient (Wildman–Crippen LogP) is 8.79. The van der Waals surface area contributed by atoms with Gasteiger partial charge in [-0.1, -0.05) is 133 Å². The number of nitrogens with one attached hydrogen (secondary N) is 2. The predicted molar refractivity (Wildman–Crippen MR) is 259 cm³/mol. The Morgan fingerprint density at radius 2 is 0.507 bits per heavy atom. The van der Waals surface area contributed by atoms with Crippen molar-refractivity contribution >= 4 is 69.0 Å². The van der Waals surface area contributed by atoms with Crippen LogP contribution in [-0.4, -0.2) is 52.9 Å². The first-order valence-corrected chi connectivity index (χ1v) is 21.8. The highest BCUT2D eigenvalue weighted by Gasteiger charge is 2.38. The van der Waals surface area contributed by atoms with E-state index in [2.05, 4.69) is 10.6 Å². The van der Waals surface area contributed by atoms with Gasteiger partial charge in [0.05, 0.1) is 28.9 Å². The molecule has 0 fully saturated rings. The van der Waals surface area contributed by atoms with E-state index in [4.69, 9.17) is 11.5 Å². The first kappa shape index (κ1) is 42.0. The van der Waals surface area contributed by atoms with Crippen LogP contribution in [0.5, 0.6) is 0 Å². The zero-order valence-corrected chi connectivity index (χ0v) is 36.1. The molecule has 12 heteroatoms. The molecule has 12 nitrogen and oxygen atoms in total. The van der Waals surface area contributed by atoms with Gasteiger partial charge in [0.25, 0.3) is 0 Å². The maximum atomic E-state index is 13.6. The molecule has 0 amide bonds. The number of carbonyl (C=O) groups is 8. The average molecular weight is 903 g/mol. The molecule has 0 aliphatic heterocycles. The van der Waals surface area contributed by atoms with Crippen molar-refractivity contribution in [1.82, 2.24) is 0 Å². The van der Waals surface area contributed by atoms with Crippen molar-refractivity contribution in [2.45, 2.75) is 0 Å². The van der Waals surface area contributed by atoms with Crippen LogP contribution in [0.15, 0.2) is 158 Å². The van der Waals surface area contributed by atoms with Crippen molar-refractivity contribution in [2.24, 2.45) is 0 Å². The molecule has 0 saturated heterocycles. The third-order valence-corrected chi connectivity index (χ3v) is 13.0. The number of nitrogen functional groups attached to an aromatic ring is 2. The van der Waals surface area contributed by atoms with Crippen LogP contribution in [0.1, 0.15) is 127 Å². The molecule has 4 aliphatic carbocycles. The van der Waals surface area contributed by atoms with Crippen molar-refractivity contribution in [3.8, 4) is 11.1 Å². The maximum Gasteiger partial charge on any atom is 0.196 e. The third-order valence-electron chi connectivity index (χ3n) is 13.0. The molecule has 0 radical (unpaired) electrons. The average Bonchev–Trinajstić information content (AvgIpc) is 3.38. The molecular weight excluding hydrogens is 869 g/mol. The van der Waals surface area contributed by atoms with E-state index in [-0.39, 0.29) is 109 Å². The maximum absolute atomic E-state index is 13.6. The number of rotatable bonds is 5. The third kappa shape index (κ3) is 6.38. The number of fused-ring (bicyclic) bond motifs is 8. The molecule has 69 heavy (non-hydrogen) atoms. The molecule has 0 unspecified atom stereocenters. The van der Waals surface area contributed by atoms with E-state index in [1.165, 1.54) is 0 Å². The Bertz CT molecular complexity index is 3490. The lowest BCUT2D eigenvalue weighted by Gasteiger charge is -2.25. The van der Waals surface area contributed by atoms with Gasteiger partial charge in [-0.05, 0) is 35.4 Å². The SMILES string of the molecule is Nc1ccc(-c2ccc(N)c3c2C(=O)c2ccccc2C3=O)c2c1C(=O)c1ccccc1C2=O.O=C1c2ccccc2C(=O)c2c(NCNc3cccc4c3C(=O)c3ccccc3C4=O)cccc21. The first-order chi connectivity index (χ1) is 33.5. The monoisotopic (exact) mass is 902 g/mol. The normalized spacial score (nSPS) is 13.6. The minimum Gasteiger partial charge on any atom is -0.398 e. The van der Waals surface area contributed by atoms with Crippen LogP contribution in [0.25, 0.3) is 11.1 Å². The number of hydrogen-bond acceptors (Lipinski definition) is 12. The number of nitrogens with two attached hydrogens (primary N) is 2. The van der Waals surface area contributed by atoms with Gasteiger partial charge in [-0.25, -0.2) is 0 Å². The van der Waals surface area contributed by atoms with E-state index in [1.54, 1.807) is 158 Å². The fourth-order valence-electron chi connectivity index (χ4n) is 9.76. The van der Waals surface area contributed by atoms with Crippen LogP contribution < -0.4 is 22.1 Å². The van der Waals surface area contributed by atoms with E-state index >= 15 is 0 Å². The number of anilines is 4. The van der Waals surface area contributed by atoms with Gasteiger partial charge >= 0.3 is 0 Å².